The summed E-state index contributed by atoms with van der Waals surface area (Å²) < 4.78 is 1.78. The van der Waals surface area contributed by atoms with E-state index in [1.807, 2.05) is 20.2 Å². The molecule has 2 heterocycles. The Morgan fingerprint density at radius 1 is 1.41 bits per heavy atom. The monoisotopic (exact) mass is 232 g/mol. The van der Waals surface area contributed by atoms with Gasteiger partial charge in [0.05, 0.1) is 11.4 Å². The molecule has 0 radical (unpaired) electrons. The number of nitrogen functional groups attached to an aromatic ring is 1. The minimum Gasteiger partial charge on any atom is -0.384 e. The van der Waals surface area contributed by atoms with Crippen LogP contribution >= 0.6 is 0 Å². The zero-order chi connectivity index (χ0) is 12.4. The molecule has 0 atom stereocenters. The van der Waals surface area contributed by atoms with Crippen LogP contribution in [-0.2, 0) is 13.5 Å². The number of nitrogens with two attached hydrogens (primary N) is 1. The molecule has 6 heteroatoms. The van der Waals surface area contributed by atoms with E-state index in [9.17, 15) is 0 Å². The Hall–Kier alpha value is -2.11. The van der Waals surface area contributed by atoms with E-state index in [0.29, 0.717) is 17.5 Å². The third kappa shape index (κ3) is 2.52. The Balaban J connectivity index is 2.30. The number of anilines is 3. The van der Waals surface area contributed by atoms with Gasteiger partial charge in [-0.2, -0.15) is 5.10 Å². The van der Waals surface area contributed by atoms with Crippen LogP contribution < -0.4 is 11.1 Å². The van der Waals surface area contributed by atoms with E-state index < -0.39 is 0 Å². The topological polar surface area (TPSA) is 81.7 Å². The van der Waals surface area contributed by atoms with E-state index in [1.54, 1.807) is 10.7 Å². The van der Waals surface area contributed by atoms with Crippen LogP contribution in [0.15, 0.2) is 12.3 Å². The molecule has 0 spiro atoms. The summed E-state index contributed by atoms with van der Waals surface area (Å²) in [5.74, 6) is 1.80. The Bertz CT molecular complexity index is 511. The van der Waals surface area contributed by atoms with Gasteiger partial charge in [-0.15, -0.1) is 0 Å². The standard InChI is InChI=1S/C11H16N6/c1-4-8-9(6-17(3)16-8)15-11-5-10(12)13-7(2)14-11/h5-6H,4H2,1-3H3,(H3,12,13,14,15). The predicted molar refractivity (Wildman–Crippen MR) is 67.1 cm³/mol. The zero-order valence-corrected chi connectivity index (χ0v) is 10.2. The summed E-state index contributed by atoms with van der Waals surface area (Å²) in [5, 5.41) is 7.56. The lowest BCUT2D eigenvalue weighted by atomic mass is 10.3. The predicted octanol–water partition coefficient (Wildman–Crippen LogP) is 1.41. The number of aromatic nitrogens is 4. The van der Waals surface area contributed by atoms with Gasteiger partial charge < -0.3 is 11.1 Å². The largest absolute Gasteiger partial charge is 0.384 e. The summed E-state index contributed by atoms with van der Waals surface area (Å²) in [6, 6.07) is 1.71. The maximum atomic E-state index is 5.68. The van der Waals surface area contributed by atoms with E-state index in [0.717, 1.165) is 17.8 Å². The molecule has 17 heavy (non-hydrogen) atoms. The summed E-state index contributed by atoms with van der Waals surface area (Å²) >= 11 is 0. The van der Waals surface area contributed by atoms with Crippen LogP contribution in [0.5, 0.6) is 0 Å². The minimum absolute atomic E-state index is 0.460. The summed E-state index contributed by atoms with van der Waals surface area (Å²) in [4.78, 5) is 8.30. The second kappa shape index (κ2) is 4.40. The highest BCUT2D eigenvalue weighted by Gasteiger charge is 2.07. The van der Waals surface area contributed by atoms with Crippen molar-refractivity contribution in [3.63, 3.8) is 0 Å². The van der Waals surface area contributed by atoms with Gasteiger partial charge >= 0.3 is 0 Å². The minimum atomic E-state index is 0.460. The molecule has 0 saturated carbocycles. The molecule has 6 nitrogen and oxygen atoms in total. The maximum Gasteiger partial charge on any atom is 0.136 e. The second-order valence-electron chi connectivity index (χ2n) is 3.87. The fraction of sp³-hybridized carbons (Fsp3) is 0.364. The van der Waals surface area contributed by atoms with Crippen molar-refractivity contribution in [2.24, 2.45) is 7.05 Å². The van der Waals surface area contributed by atoms with E-state index >= 15 is 0 Å². The van der Waals surface area contributed by atoms with E-state index in [2.05, 4.69) is 27.3 Å². The van der Waals surface area contributed by atoms with Crippen LogP contribution in [0.2, 0.25) is 0 Å². The van der Waals surface area contributed by atoms with Crippen molar-refractivity contribution in [2.45, 2.75) is 20.3 Å². The Kier molecular flexibility index (Phi) is 2.95. The number of hydrogen-bond acceptors (Lipinski definition) is 5. The lowest BCUT2D eigenvalue weighted by molar-refractivity contribution is 0.746. The van der Waals surface area contributed by atoms with Gasteiger partial charge in [0.2, 0.25) is 0 Å². The third-order valence-electron chi connectivity index (χ3n) is 2.36. The molecule has 2 aromatic rings. The SMILES string of the molecule is CCc1nn(C)cc1Nc1cc(N)nc(C)n1. The summed E-state index contributed by atoms with van der Waals surface area (Å²) in [7, 11) is 1.89. The smallest absolute Gasteiger partial charge is 0.136 e. The van der Waals surface area contributed by atoms with E-state index in [4.69, 9.17) is 5.73 Å². The van der Waals surface area contributed by atoms with Crippen LogP contribution in [0.1, 0.15) is 18.4 Å². The van der Waals surface area contributed by atoms with Gasteiger partial charge in [0.25, 0.3) is 0 Å². The Labute approximate surface area is 99.9 Å². The molecular weight excluding hydrogens is 216 g/mol. The van der Waals surface area contributed by atoms with Crippen molar-refractivity contribution in [2.75, 3.05) is 11.1 Å². The van der Waals surface area contributed by atoms with Crippen LogP contribution in [0.4, 0.5) is 17.3 Å². The number of aryl methyl sites for hydroxylation is 3. The molecule has 0 aliphatic heterocycles. The third-order valence-corrected chi connectivity index (χ3v) is 2.36. The van der Waals surface area contributed by atoms with Crippen LogP contribution in [0, 0.1) is 6.92 Å². The van der Waals surface area contributed by atoms with Crippen LogP contribution in [0.25, 0.3) is 0 Å². The van der Waals surface area contributed by atoms with Gasteiger partial charge in [0.1, 0.15) is 17.5 Å². The fourth-order valence-electron chi connectivity index (χ4n) is 1.69. The highest BCUT2D eigenvalue weighted by atomic mass is 15.3. The molecule has 2 aromatic heterocycles. The number of nitrogens with one attached hydrogen (secondary N) is 1. The average molecular weight is 232 g/mol. The summed E-state index contributed by atoms with van der Waals surface area (Å²) in [6.07, 6.45) is 2.79. The molecule has 3 N–H and O–H groups in total. The Morgan fingerprint density at radius 2 is 2.18 bits per heavy atom. The summed E-state index contributed by atoms with van der Waals surface area (Å²) in [5.41, 5.74) is 7.63. The highest BCUT2D eigenvalue weighted by molar-refractivity contribution is 5.60. The molecule has 0 unspecified atom stereocenters. The molecule has 2 rings (SSSR count). The number of nitrogens with zero attached hydrogens (tertiary/aromatic N) is 4. The van der Waals surface area contributed by atoms with Crippen molar-refractivity contribution in [1.29, 1.82) is 0 Å². The number of rotatable bonds is 3. The first-order valence-corrected chi connectivity index (χ1v) is 5.49. The zero-order valence-electron chi connectivity index (χ0n) is 10.2. The van der Waals surface area contributed by atoms with Gasteiger partial charge in [-0.3, -0.25) is 4.68 Å². The molecule has 0 amide bonds. The van der Waals surface area contributed by atoms with Crippen molar-refractivity contribution in [3.8, 4) is 0 Å². The molecule has 0 fully saturated rings. The van der Waals surface area contributed by atoms with Gasteiger partial charge in [-0.25, -0.2) is 9.97 Å². The van der Waals surface area contributed by atoms with E-state index in [-0.39, 0.29) is 0 Å². The molecular formula is C11H16N6. The molecule has 0 aliphatic rings. The van der Waals surface area contributed by atoms with Crippen molar-refractivity contribution >= 4 is 17.3 Å². The quantitative estimate of drug-likeness (QED) is 0.836. The summed E-state index contributed by atoms with van der Waals surface area (Å²) in [6.45, 7) is 3.87. The van der Waals surface area contributed by atoms with Gasteiger partial charge in [-0.05, 0) is 13.3 Å². The fourth-order valence-corrected chi connectivity index (χ4v) is 1.69. The highest BCUT2D eigenvalue weighted by Crippen LogP contribution is 2.19. The first-order chi connectivity index (χ1) is 8.08. The molecule has 0 saturated heterocycles. The van der Waals surface area contributed by atoms with Crippen molar-refractivity contribution in [1.82, 2.24) is 19.7 Å². The molecule has 0 aliphatic carbocycles. The van der Waals surface area contributed by atoms with E-state index in [1.165, 1.54) is 0 Å². The normalized spacial score (nSPS) is 10.5. The van der Waals surface area contributed by atoms with Crippen molar-refractivity contribution < 1.29 is 0 Å². The van der Waals surface area contributed by atoms with Crippen LogP contribution in [-0.4, -0.2) is 19.7 Å². The molecule has 90 valence electrons. The second-order valence-corrected chi connectivity index (χ2v) is 3.87. The van der Waals surface area contributed by atoms with Gasteiger partial charge in [-0.1, -0.05) is 6.92 Å². The van der Waals surface area contributed by atoms with Gasteiger partial charge in [0, 0.05) is 19.3 Å². The lowest BCUT2D eigenvalue weighted by Crippen LogP contribution is -2.01. The average Bonchev–Trinajstić information content (AvgIpc) is 2.57. The van der Waals surface area contributed by atoms with Crippen molar-refractivity contribution in [3.05, 3.63) is 23.8 Å². The molecule has 0 bridgehead atoms. The molecule has 0 aromatic carbocycles. The number of hydrogen-bond donors (Lipinski definition) is 2. The first kappa shape index (κ1) is 11.4. The Morgan fingerprint density at radius 3 is 2.82 bits per heavy atom. The first-order valence-electron chi connectivity index (χ1n) is 5.49. The van der Waals surface area contributed by atoms with Gasteiger partial charge in [0.15, 0.2) is 0 Å². The lowest BCUT2D eigenvalue weighted by Gasteiger charge is -2.05. The maximum absolute atomic E-state index is 5.68. The van der Waals surface area contributed by atoms with Crippen LogP contribution in [0.3, 0.4) is 0 Å².